The Balaban J connectivity index is 1.64. The third kappa shape index (κ3) is 7.30. The van der Waals surface area contributed by atoms with Crippen molar-refractivity contribution in [3.63, 3.8) is 0 Å². The average Bonchev–Trinajstić information content (AvgIpc) is 3.43. The standard InChI is InChI=1S/C27H26F2N4O4S/c1-38-15-12-22(27(34)35)32-37-23-10-11-25(31-26(23)19-4-8-21(29)9-5-19)36-24(16-33-14-13-30-17-33)18-2-6-20(28)7-3-18/h2-11,13-14,17,22,24,32H,12,15-16H2,1H3,(H,34,35)/t22-,24?/m0/s1. The molecule has 2 atom stereocenters. The minimum atomic E-state index is -1.04. The first-order chi connectivity index (χ1) is 18.4. The molecule has 11 heteroatoms. The quantitative estimate of drug-likeness (QED) is 0.225. The number of ether oxygens (including phenoxy) is 1. The number of nitrogens with one attached hydrogen (secondary N) is 1. The Morgan fingerprint density at radius 3 is 2.42 bits per heavy atom. The summed E-state index contributed by atoms with van der Waals surface area (Å²) in [6.07, 6.45) is 6.79. The number of aliphatic carboxylic acids is 1. The highest BCUT2D eigenvalue weighted by Gasteiger charge is 2.21. The Kier molecular flexibility index (Phi) is 9.28. The second kappa shape index (κ2) is 13.0. The Morgan fingerprint density at radius 1 is 1.08 bits per heavy atom. The van der Waals surface area contributed by atoms with Gasteiger partial charge in [-0.05, 0) is 66.5 Å². The van der Waals surface area contributed by atoms with Crippen LogP contribution in [0.2, 0.25) is 0 Å². The first kappa shape index (κ1) is 27.1. The van der Waals surface area contributed by atoms with E-state index < -0.39 is 23.9 Å². The van der Waals surface area contributed by atoms with Crippen LogP contribution in [0.5, 0.6) is 11.6 Å². The van der Waals surface area contributed by atoms with Crippen LogP contribution in [-0.2, 0) is 11.3 Å². The largest absolute Gasteiger partial charge is 0.480 e. The molecule has 0 bridgehead atoms. The van der Waals surface area contributed by atoms with Crippen LogP contribution in [0, 0.1) is 11.6 Å². The number of thioether (sulfide) groups is 1. The maximum Gasteiger partial charge on any atom is 0.324 e. The number of pyridine rings is 1. The molecule has 0 aliphatic carbocycles. The summed E-state index contributed by atoms with van der Waals surface area (Å²) < 4.78 is 35.3. The van der Waals surface area contributed by atoms with Crippen molar-refractivity contribution in [3.8, 4) is 22.9 Å². The van der Waals surface area contributed by atoms with Gasteiger partial charge in [0.25, 0.3) is 0 Å². The van der Waals surface area contributed by atoms with E-state index in [-0.39, 0.29) is 17.4 Å². The van der Waals surface area contributed by atoms with Crippen LogP contribution in [0.4, 0.5) is 8.78 Å². The van der Waals surface area contributed by atoms with Crippen molar-refractivity contribution in [2.24, 2.45) is 0 Å². The van der Waals surface area contributed by atoms with Crippen LogP contribution in [0.15, 0.2) is 79.4 Å². The van der Waals surface area contributed by atoms with Gasteiger partial charge in [-0.2, -0.15) is 11.8 Å². The van der Waals surface area contributed by atoms with Gasteiger partial charge in [-0.1, -0.05) is 12.1 Å². The van der Waals surface area contributed by atoms with Gasteiger partial charge >= 0.3 is 5.97 Å². The van der Waals surface area contributed by atoms with Gasteiger partial charge in [-0.3, -0.25) is 4.79 Å². The fourth-order valence-electron chi connectivity index (χ4n) is 3.61. The minimum Gasteiger partial charge on any atom is -0.480 e. The Hall–Kier alpha value is -3.96. The van der Waals surface area contributed by atoms with E-state index in [9.17, 15) is 18.7 Å². The van der Waals surface area contributed by atoms with Gasteiger partial charge < -0.3 is 19.2 Å². The number of nitrogens with zero attached hydrogens (tertiary/aromatic N) is 3. The second-order valence-corrected chi connectivity index (χ2v) is 9.30. The van der Waals surface area contributed by atoms with Gasteiger partial charge in [-0.15, -0.1) is 5.48 Å². The molecule has 0 amide bonds. The molecule has 2 aromatic heterocycles. The normalized spacial score (nSPS) is 12.6. The van der Waals surface area contributed by atoms with Crippen LogP contribution in [-0.4, -0.2) is 43.7 Å². The van der Waals surface area contributed by atoms with Crippen molar-refractivity contribution < 1.29 is 28.3 Å². The molecule has 0 aliphatic heterocycles. The molecule has 8 nitrogen and oxygen atoms in total. The number of halogens is 2. The van der Waals surface area contributed by atoms with Crippen LogP contribution < -0.4 is 15.1 Å². The molecule has 38 heavy (non-hydrogen) atoms. The van der Waals surface area contributed by atoms with Gasteiger partial charge in [-0.25, -0.2) is 18.7 Å². The zero-order chi connectivity index (χ0) is 26.9. The monoisotopic (exact) mass is 540 g/mol. The van der Waals surface area contributed by atoms with E-state index in [0.717, 1.165) is 5.56 Å². The van der Waals surface area contributed by atoms with Crippen molar-refractivity contribution in [1.29, 1.82) is 0 Å². The lowest BCUT2D eigenvalue weighted by molar-refractivity contribution is -0.141. The number of hydrogen-bond acceptors (Lipinski definition) is 7. The Bertz CT molecular complexity index is 1320. The lowest BCUT2D eigenvalue weighted by Gasteiger charge is -2.21. The smallest absolute Gasteiger partial charge is 0.324 e. The summed E-state index contributed by atoms with van der Waals surface area (Å²) in [7, 11) is 0. The van der Waals surface area contributed by atoms with Gasteiger partial charge in [0, 0.05) is 24.0 Å². The van der Waals surface area contributed by atoms with E-state index in [1.165, 1.54) is 36.0 Å². The fraction of sp³-hybridized carbons (Fsp3) is 0.222. The first-order valence-electron chi connectivity index (χ1n) is 11.7. The van der Waals surface area contributed by atoms with Crippen molar-refractivity contribution in [2.75, 3.05) is 12.0 Å². The predicted octanol–water partition coefficient (Wildman–Crippen LogP) is 5.13. The van der Waals surface area contributed by atoms with E-state index in [1.807, 2.05) is 10.8 Å². The number of hydroxylamine groups is 1. The van der Waals surface area contributed by atoms with Crippen LogP contribution in [0.25, 0.3) is 11.3 Å². The highest BCUT2D eigenvalue weighted by atomic mass is 32.2. The van der Waals surface area contributed by atoms with Gasteiger partial charge in [0.15, 0.2) is 5.75 Å². The molecule has 0 aliphatic rings. The summed E-state index contributed by atoms with van der Waals surface area (Å²) in [6.45, 7) is 0.384. The van der Waals surface area contributed by atoms with E-state index in [1.54, 1.807) is 55.1 Å². The van der Waals surface area contributed by atoms with E-state index in [2.05, 4.69) is 15.4 Å². The van der Waals surface area contributed by atoms with E-state index in [0.29, 0.717) is 30.0 Å². The number of aromatic nitrogens is 3. The van der Waals surface area contributed by atoms with Gasteiger partial charge in [0.1, 0.15) is 29.5 Å². The number of benzene rings is 2. The first-order valence-corrected chi connectivity index (χ1v) is 13.1. The molecule has 0 fully saturated rings. The summed E-state index contributed by atoms with van der Waals surface area (Å²) in [4.78, 5) is 26.0. The van der Waals surface area contributed by atoms with Crippen molar-refractivity contribution in [1.82, 2.24) is 20.0 Å². The zero-order valence-electron chi connectivity index (χ0n) is 20.5. The predicted molar refractivity (Wildman–Crippen MR) is 140 cm³/mol. The van der Waals surface area contributed by atoms with E-state index >= 15 is 0 Å². The SMILES string of the molecule is CSCC[C@H](NOc1ccc(OC(Cn2ccnc2)c2ccc(F)cc2)nc1-c1ccc(F)cc1)C(=O)O. The van der Waals surface area contributed by atoms with E-state index in [4.69, 9.17) is 9.57 Å². The molecule has 2 heterocycles. The summed E-state index contributed by atoms with van der Waals surface area (Å²) in [6, 6.07) is 13.9. The molecular weight excluding hydrogens is 514 g/mol. The topological polar surface area (TPSA) is 98.5 Å². The maximum absolute atomic E-state index is 13.6. The number of rotatable bonds is 13. The lowest BCUT2D eigenvalue weighted by atomic mass is 10.1. The number of imidazole rings is 1. The Labute approximate surface area is 222 Å². The highest BCUT2D eigenvalue weighted by Crippen LogP contribution is 2.32. The molecule has 4 aromatic rings. The molecular formula is C27H26F2N4O4S. The molecule has 1 unspecified atom stereocenters. The van der Waals surface area contributed by atoms with Crippen molar-refractivity contribution in [3.05, 3.63) is 96.6 Å². The van der Waals surface area contributed by atoms with Crippen LogP contribution in [0.1, 0.15) is 18.1 Å². The molecule has 2 N–H and O–H groups in total. The van der Waals surface area contributed by atoms with Gasteiger partial charge in [0.05, 0.1) is 12.9 Å². The summed E-state index contributed by atoms with van der Waals surface area (Å²) in [5.74, 6) is -0.711. The number of hydrogen-bond donors (Lipinski definition) is 2. The van der Waals surface area contributed by atoms with Crippen LogP contribution in [0.3, 0.4) is 0 Å². The molecule has 198 valence electrons. The number of carboxylic acid groups (broad SMARTS) is 1. The molecule has 4 rings (SSSR count). The third-order valence-electron chi connectivity index (χ3n) is 5.61. The summed E-state index contributed by atoms with van der Waals surface area (Å²) in [5, 5.41) is 9.51. The molecule has 0 spiro atoms. The van der Waals surface area contributed by atoms with Crippen molar-refractivity contribution >= 4 is 17.7 Å². The maximum atomic E-state index is 13.6. The fourth-order valence-corrected chi connectivity index (χ4v) is 4.09. The molecule has 0 saturated heterocycles. The molecule has 0 saturated carbocycles. The second-order valence-electron chi connectivity index (χ2n) is 8.31. The zero-order valence-corrected chi connectivity index (χ0v) is 21.3. The summed E-state index contributed by atoms with van der Waals surface area (Å²) >= 11 is 1.53. The minimum absolute atomic E-state index is 0.239. The average molecular weight is 541 g/mol. The third-order valence-corrected chi connectivity index (χ3v) is 6.25. The number of carbonyl (C=O) groups is 1. The van der Waals surface area contributed by atoms with Crippen molar-refractivity contribution in [2.45, 2.75) is 25.1 Å². The lowest BCUT2D eigenvalue weighted by Crippen LogP contribution is -2.39. The molecule has 2 aromatic carbocycles. The van der Waals surface area contributed by atoms with Gasteiger partial charge in [0.2, 0.25) is 5.88 Å². The molecule has 0 radical (unpaired) electrons. The summed E-state index contributed by atoms with van der Waals surface area (Å²) in [5.41, 5.74) is 4.19. The highest BCUT2D eigenvalue weighted by molar-refractivity contribution is 7.98. The van der Waals surface area contributed by atoms with Crippen LogP contribution >= 0.6 is 11.8 Å². The number of carboxylic acids is 1. The Morgan fingerprint density at radius 2 is 1.79 bits per heavy atom.